The summed E-state index contributed by atoms with van der Waals surface area (Å²) in [5.74, 6) is 1.38. The molecule has 2 aliphatic rings. The summed E-state index contributed by atoms with van der Waals surface area (Å²) in [6.45, 7) is 7.41. The maximum atomic E-state index is 12.8. The number of benzene rings is 1. The molecule has 2 aliphatic heterocycles. The van der Waals surface area contributed by atoms with E-state index in [1.54, 1.807) is 7.11 Å². The van der Waals surface area contributed by atoms with Crippen molar-refractivity contribution >= 4 is 5.91 Å². The second kappa shape index (κ2) is 8.68. The number of hydrogen-bond donors (Lipinski definition) is 0. The Morgan fingerprint density at radius 1 is 1.20 bits per heavy atom. The Kier molecular flexibility index (Phi) is 6.32. The SMILES string of the molecule is COc1ccc(CN2CCCN(C(=O)C3CCOC(C)C3)CC2)cc1. The highest BCUT2D eigenvalue weighted by atomic mass is 16.5. The molecule has 1 amide bonds. The van der Waals surface area contributed by atoms with E-state index in [0.29, 0.717) is 5.91 Å². The molecule has 2 atom stereocenters. The predicted octanol–water partition coefficient (Wildman–Crippen LogP) is 2.54. The Morgan fingerprint density at radius 2 is 2.00 bits per heavy atom. The summed E-state index contributed by atoms with van der Waals surface area (Å²) in [5, 5.41) is 0. The highest BCUT2D eigenvalue weighted by molar-refractivity contribution is 5.79. The lowest BCUT2D eigenvalue weighted by Gasteiger charge is -2.31. The molecule has 5 nitrogen and oxygen atoms in total. The zero-order valence-electron chi connectivity index (χ0n) is 15.4. The zero-order valence-corrected chi connectivity index (χ0v) is 15.4. The van der Waals surface area contributed by atoms with Crippen LogP contribution in [-0.2, 0) is 16.1 Å². The second-order valence-electron chi connectivity index (χ2n) is 7.21. The van der Waals surface area contributed by atoms with Crippen LogP contribution in [0.3, 0.4) is 0 Å². The van der Waals surface area contributed by atoms with E-state index in [-0.39, 0.29) is 12.0 Å². The molecule has 25 heavy (non-hydrogen) atoms. The maximum Gasteiger partial charge on any atom is 0.225 e. The molecule has 0 bridgehead atoms. The first-order valence-corrected chi connectivity index (χ1v) is 9.41. The molecule has 0 aromatic heterocycles. The lowest BCUT2D eigenvalue weighted by atomic mass is 9.94. The van der Waals surface area contributed by atoms with E-state index in [0.717, 1.165) is 64.3 Å². The van der Waals surface area contributed by atoms with E-state index in [9.17, 15) is 4.79 Å². The number of hydrogen-bond acceptors (Lipinski definition) is 4. The summed E-state index contributed by atoms with van der Waals surface area (Å²) in [5.41, 5.74) is 1.29. The van der Waals surface area contributed by atoms with Gasteiger partial charge in [-0.15, -0.1) is 0 Å². The van der Waals surface area contributed by atoms with E-state index in [1.165, 1.54) is 5.56 Å². The van der Waals surface area contributed by atoms with Crippen LogP contribution in [0.15, 0.2) is 24.3 Å². The minimum Gasteiger partial charge on any atom is -0.497 e. The quantitative estimate of drug-likeness (QED) is 0.840. The van der Waals surface area contributed by atoms with Crippen LogP contribution >= 0.6 is 0 Å². The van der Waals surface area contributed by atoms with E-state index in [1.807, 2.05) is 12.1 Å². The monoisotopic (exact) mass is 346 g/mol. The summed E-state index contributed by atoms with van der Waals surface area (Å²) in [7, 11) is 1.69. The van der Waals surface area contributed by atoms with E-state index in [4.69, 9.17) is 9.47 Å². The third-order valence-corrected chi connectivity index (χ3v) is 5.30. The molecule has 0 aliphatic carbocycles. The summed E-state index contributed by atoms with van der Waals surface area (Å²) in [6, 6.07) is 8.26. The highest BCUT2D eigenvalue weighted by Crippen LogP contribution is 2.23. The number of ether oxygens (including phenoxy) is 2. The van der Waals surface area contributed by atoms with Gasteiger partial charge in [-0.05, 0) is 43.9 Å². The Bertz CT molecular complexity index is 561. The Labute approximate surface area is 150 Å². The van der Waals surface area contributed by atoms with Crippen molar-refractivity contribution in [1.82, 2.24) is 9.80 Å². The Balaban J connectivity index is 1.52. The summed E-state index contributed by atoms with van der Waals surface area (Å²) >= 11 is 0. The van der Waals surface area contributed by atoms with Gasteiger partial charge in [-0.2, -0.15) is 0 Å². The van der Waals surface area contributed by atoms with Crippen molar-refractivity contribution in [2.45, 2.75) is 38.8 Å². The van der Waals surface area contributed by atoms with Crippen molar-refractivity contribution in [3.63, 3.8) is 0 Å². The van der Waals surface area contributed by atoms with Gasteiger partial charge in [-0.1, -0.05) is 12.1 Å². The maximum absolute atomic E-state index is 12.8. The zero-order chi connectivity index (χ0) is 17.6. The van der Waals surface area contributed by atoms with Gasteiger partial charge in [0.15, 0.2) is 0 Å². The summed E-state index contributed by atoms with van der Waals surface area (Å²) in [6.07, 6.45) is 2.99. The largest absolute Gasteiger partial charge is 0.497 e. The number of rotatable bonds is 4. The van der Waals surface area contributed by atoms with E-state index >= 15 is 0 Å². The molecule has 3 rings (SSSR count). The van der Waals surface area contributed by atoms with Gasteiger partial charge in [0, 0.05) is 45.2 Å². The van der Waals surface area contributed by atoms with Crippen molar-refractivity contribution < 1.29 is 14.3 Å². The molecule has 2 saturated heterocycles. The fraction of sp³-hybridized carbons (Fsp3) is 0.650. The predicted molar refractivity (Wildman–Crippen MR) is 97.6 cm³/mol. The summed E-state index contributed by atoms with van der Waals surface area (Å²) in [4.78, 5) is 17.4. The van der Waals surface area contributed by atoms with Crippen LogP contribution in [0.25, 0.3) is 0 Å². The number of methoxy groups -OCH3 is 1. The lowest BCUT2D eigenvalue weighted by Crippen LogP contribution is -2.41. The van der Waals surface area contributed by atoms with E-state index < -0.39 is 0 Å². The van der Waals surface area contributed by atoms with Crippen LogP contribution in [0.1, 0.15) is 31.7 Å². The molecule has 2 unspecified atom stereocenters. The van der Waals surface area contributed by atoms with Crippen molar-refractivity contribution in [2.75, 3.05) is 39.9 Å². The van der Waals surface area contributed by atoms with Crippen LogP contribution in [0, 0.1) is 5.92 Å². The van der Waals surface area contributed by atoms with Crippen LogP contribution in [0.2, 0.25) is 0 Å². The van der Waals surface area contributed by atoms with Gasteiger partial charge in [-0.25, -0.2) is 0 Å². The third-order valence-electron chi connectivity index (χ3n) is 5.30. The fourth-order valence-corrected chi connectivity index (χ4v) is 3.82. The molecule has 0 spiro atoms. The molecule has 138 valence electrons. The smallest absolute Gasteiger partial charge is 0.225 e. The molecular weight excluding hydrogens is 316 g/mol. The fourth-order valence-electron chi connectivity index (χ4n) is 3.82. The standard InChI is InChI=1S/C20H30N2O3/c1-16-14-18(8-13-25-16)20(23)22-10-3-9-21(11-12-22)15-17-4-6-19(24-2)7-5-17/h4-7,16,18H,3,8-15H2,1-2H3. The summed E-state index contributed by atoms with van der Waals surface area (Å²) < 4.78 is 10.8. The molecule has 5 heteroatoms. The van der Waals surface area contributed by atoms with Gasteiger partial charge in [0.2, 0.25) is 5.91 Å². The Hall–Kier alpha value is -1.59. The molecule has 1 aromatic carbocycles. The average molecular weight is 346 g/mol. The third kappa shape index (κ3) is 4.95. The number of carbonyl (C=O) groups excluding carboxylic acids is 1. The molecule has 0 N–H and O–H groups in total. The van der Waals surface area contributed by atoms with Gasteiger partial charge in [0.1, 0.15) is 5.75 Å². The molecule has 1 aromatic rings. The number of amides is 1. The minimum atomic E-state index is 0.150. The Morgan fingerprint density at radius 3 is 2.72 bits per heavy atom. The van der Waals surface area contributed by atoms with Crippen molar-refractivity contribution in [1.29, 1.82) is 0 Å². The second-order valence-corrected chi connectivity index (χ2v) is 7.21. The van der Waals surface area contributed by atoms with Gasteiger partial charge < -0.3 is 14.4 Å². The van der Waals surface area contributed by atoms with Crippen LogP contribution < -0.4 is 4.74 Å². The van der Waals surface area contributed by atoms with Crippen LogP contribution in [0.4, 0.5) is 0 Å². The molecule has 2 heterocycles. The number of nitrogens with zero attached hydrogens (tertiary/aromatic N) is 2. The van der Waals surface area contributed by atoms with Crippen molar-refractivity contribution in [2.24, 2.45) is 5.92 Å². The molecular formula is C20H30N2O3. The topological polar surface area (TPSA) is 42.0 Å². The van der Waals surface area contributed by atoms with Gasteiger partial charge in [-0.3, -0.25) is 9.69 Å². The lowest BCUT2D eigenvalue weighted by molar-refractivity contribution is -0.140. The first kappa shape index (κ1) is 18.2. The van der Waals surface area contributed by atoms with Gasteiger partial charge in [0.05, 0.1) is 13.2 Å². The molecule has 0 saturated carbocycles. The number of carbonyl (C=O) groups is 1. The van der Waals surface area contributed by atoms with Crippen molar-refractivity contribution in [3.8, 4) is 5.75 Å². The van der Waals surface area contributed by atoms with Crippen LogP contribution in [-0.4, -0.2) is 61.7 Å². The van der Waals surface area contributed by atoms with E-state index in [2.05, 4.69) is 28.9 Å². The van der Waals surface area contributed by atoms with Gasteiger partial charge >= 0.3 is 0 Å². The average Bonchev–Trinajstić information content (AvgIpc) is 2.87. The van der Waals surface area contributed by atoms with Crippen molar-refractivity contribution in [3.05, 3.63) is 29.8 Å². The normalized spacial score (nSPS) is 25.4. The van der Waals surface area contributed by atoms with Crippen LogP contribution in [0.5, 0.6) is 5.75 Å². The van der Waals surface area contributed by atoms with Gasteiger partial charge in [0.25, 0.3) is 0 Å². The first-order valence-electron chi connectivity index (χ1n) is 9.41. The molecule has 0 radical (unpaired) electrons. The highest BCUT2D eigenvalue weighted by Gasteiger charge is 2.30. The minimum absolute atomic E-state index is 0.150. The first-order chi connectivity index (χ1) is 12.2. The molecule has 2 fully saturated rings.